The van der Waals surface area contributed by atoms with Crippen molar-refractivity contribution in [3.8, 4) is 0 Å². The Hall–Kier alpha value is -1.97. The van der Waals surface area contributed by atoms with Crippen molar-refractivity contribution in [2.45, 2.75) is 38.9 Å². The van der Waals surface area contributed by atoms with Gasteiger partial charge in [0.25, 0.3) is 0 Å². The number of nitrogens with one attached hydrogen (secondary N) is 1. The predicted molar refractivity (Wildman–Crippen MR) is 119 cm³/mol. The molecule has 0 saturated carbocycles. The lowest BCUT2D eigenvalue weighted by Gasteiger charge is -2.30. The first-order valence-electron chi connectivity index (χ1n) is 9.38. The molecule has 0 unspecified atom stereocenters. The van der Waals surface area contributed by atoms with Crippen LogP contribution in [-0.2, 0) is 26.1 Å². The number of esters is 1. The largest absolute Gasteiger partial charge is 0.467 e. The molecule has 6 heteroatoms. The monoisotopic (exact) mass is 417 g/mol. The molecule has 0 heterocycles. The maximum Gasteiger partial charge on any atom is 0.328 e. The molecule has 0 aromatic heterocycles. The van der Waals surface area contributed by atoms with Crippen LogP contribution >= 0.6 is 6.04 Å². The summed E-state index contributed by atoms with van der Waals surface area (Å²) in [7, 11) is 1.33. The number of amides is 1. The Morgan fingerprint density at radius 2 is 1.43 bits per heavy atom. The fourth-order valence-corrected chi connectivity index (χ4v) is 7.13. The second-order valence-electron chi connectivity index (χ2n) is 7.19. The number of benzene rings is 2. The van der Waals surface area contributed by atoms with Crippen LogP contribution in [0, 0.1) is 5.92 Å². The number of rotatable bonds is 8. The van der Waals surface area contributed by atoms with Gasteiger partial charge in [0.05, 0.1) is 7.11 Å². The van der Waals surface area contributed by atoms with Gasteiger partial charge < -0.3 is 10.1 Å². The normalized spacial score (nSPS) is 13.6. The van der Waals surface area contributed by atoms with Gasteiger partial charge in [0, 0.05) is 18.1 Å². The minimum Gasteiger partial charge on any atom is -0.467 e. The second-order valence-corrected chi connectivity index (χ2v) is 12.2. The molecule has 0 aliphatic rings. The first-order valence-corrected chi connectivity index (χ1v) is 12.3. The fraction of sp³-hybridized carbons (Fsp3) is 0.364. The van der Waals surface area contributed by atoms with Crippen LogP contribution in [-0.4, -0.2) is 30.7 Å². The number of hydrogen-bond acceptors (Lipinski definition) is 4. The van der Waals surface area contributed by atoms with Gasteiger partial charge in [0.1, 0.15) is 6.04 Å². The van der Waals surface area contributed by atoms with E-state index in [0.29, 0.717) is 0 Å². The molecule has 150 valence electrons. The SMILES string of the molecule is COC(=O)[C@@H](NC(=O)C[C@@H](C)P(=S)(c1ccccc1)c1ccccc1)C(C)C. The molecule has 0 aliphatic carbocycles. The molecule has 2 aromatic rings. The highest BCUT2D eigenvalue weighted by molar-refractivity contribution is 8.22. The first-order chi connectivity index (χ1) is 13.3. The molecule has 1 N–H and O–H groups in total. The summed E-state index contributed by atoms with van der Waals surface area (Å²) in [6.45, 7) is 5.79. The minimum absolute atomic E-state index is 0.0574. The Kier molecular flexibility index (Phi) is 7.97. The lowest BCUT2D eigenvalue weighted by atomic mass is 10.0. The Balaban J connectivity index is 2.29. The summed E-state index contributed by atoms with van der Waals surface area (Å²) >= 11 is 6.26. The van der Waals surface area contributed by atoms with Crippen molar-refractivity contribution in [3.63, 3.8) is 0 Å². The van der Waals surface area contributed by atoms with E-state index in [4.69, 9.17) is 16.5 Å². The molecule has 28 heavy (non-hydrogen) atoms. The highest BCUT2D eigenvalue weighted by Gasteiger charge is 2.32. The zero-order valence-corrected chi connectivity index (χ0v) is 18.5. The topological polar surface area (TPSA) is 55.4 Å². The molecule has 0 fully saturated rings. The van der Waals surface area contributed by atoms with E-state index in [0.717, 1.165) is 10.6 Å². The van der Waals surface area contributed by atoms with Gasteiger partial charge in [-0.25, -0.2) is 4.79 Å². The predicted octanol–water partition coefficient (Wildman–Crippen LogP) is 3.21. The zero-order valence-electron chi connectivity index (χ0n) is 16.8. The van der Waals surface area contributed by atoms with Crippen LogP contribution in [0.15, 0.2) is 60.7 Å². The maximum atomic E-state index is 12.8. The lowest BCUT2D eigenvalue weighted by Crippen LogP contribution is -2.45. The molecule has 2 aromatic carbocycles. The zero-order chi connectivity index (χ0) is 20.7. The van der Waals surface area contributed by atoms with E-state index < -0.39 is 18.0 Å². The van der Waals surface area contributed by atoms with Gasteiger partial charge >= 0.3 is 5.97 Å². The van der Waals surface area contributed by atoms with Crippen molar-refractivity contribution in [2.24, 2.45) is 5.92 Å². The van der Waals surface area contributed by atoms with Gasteiger partial charge in [0.2, 0.25) is 5.91 Å². The van der Waals surface area contributed by atoms with Gasteiger partial charge in [-0.2, -0.15) is 0 Å². The van der Waals surface area contributed by atoms with E-state index in [2.05, 4.69) is 5.32 Å². The number of carbonyl (C=O) groups is 2. The van der Waals surface area contributed by atoms with Gasteiger partial charge in [-0.1, -0.05) is 93.2 Å². The molecular weight excluding hydrogens is 389 g/mol. The van der Waals surface area contributed by atoms with Crippen molar-refractivity contribution < 1.29 is 14.3 Å². The van der Waals surface area contributed by atoms with Gasteiger partial charge in [-0.15, -0.1) is 0 Å². The van der Waals surface area contributed by atoms with Crippen LogP contribution in [0.2, 0.25) is 0 Å². The third-order valence-electron chi connectivity index (χ3n) is 4.82. The van der Waals surface area contributed by atoms with Crippen LogP contribution < -0.4 is 15.9 Å². The Morgan fingerprint density at radius 3 is 1.82 bits per heavy atom. The summed E-state index contributed by atoms with van der Waals surface area (Å²) in [6.07, 6.45) is 0.251. The van der Waals surface area contributed by atoms with E-state index in [1.807, 2.05) is 81.4 Å². The number of methoxy groups -OCH3 is 1. The fourth-order valence-electron chi connectivity index (χ4n) is 3.21. The van der Waals surface area contributed by atoms with E-state index in [-0.39, 0.29) is 23.9 Å². The second kappa shape index (κ2) is 9.99. The first kappa shape index (κ1) is 22.3. The average molecular weight is 418 g/mol. The number of hydrogen-bond donors (Lipinski definition) is 1. The molecule has 0 bridgehead atoms. The Bertz CT molecular complexity index is 796. The molecule has 2 rings (SSSR count). The highest BCUT2D eigenvalue weighted by atomic mass is 32.4. The van der Waals surface area contributed by atoms with Crippen LogP contribution in [0.1, 0.15) is 27.2 Å². The van der Waals surface area contributed by atoms with Gasteiger partial charge in [-0.3, -0.25) is 4.79 Å². The highest BCUT2D eigenvalue weighted by Crippen LogP contribution is 2.50. The summed E-state index contributed by atoms with van der Waals surface area (Å²) < 4.78 is 4.82. The van der Waals surface area contributed by atoms with Crippen LogP contribution in [0.4, 0.5) is 0 Å². The van der Waals surface area contributed by atoms with E-state index >= 15 is 0 Å². The molecular formula is C22H28NO3PS. The smallest absolute Gasteiger partial charge is 0.328 e. The third kappa shape index (κ3) is 5.09. The lowest BCUT2D eigenvalue weighted by molar-refractivity contribution is -0.146. The summed E-state index contributed by atoms with van der Waals surface area (Å²) in [5.41, 5.74) is -0.0576. The van der Waals surface area contributed by atoms with E-state index in [1.54, 1.807) is 0 Å². The van der Waals surface area contributed by atoms with Crippen molar-refractivity contribution in [1.29, 1.82) is 0 Å². The number of carbonyl (C=O) groups excluding carboxylic acids is 2. The van der Waals surface area contributed by atoms with Crippen LogP contribution in [0.25, 0.3) is 0 Å². The summed E-state index contributed by atoms with van der Waals surface area (Å²) in [4.78, 5) is 24.7. The molecule has 0 radical (unpaired) electrons. The molecule has 0 spiro atoms. The Labute approximate surface area is 172 Å². The van der Waals surface area contributed by atoms with Gasteiger partial charge in [-0.05, 0) is 16.5 Å². The van der Waals surface area contributed by atoms with Crippen molar-refractivity contribution >= 4 is 40.3 Å². The quantitative estimate of drug-likeness (QED) is 0.529. The summed E-state index contributed by atoms with van der Waals surface area (Å²) in [5, 5.41) is 5.01. The van der Waals surface area contributed by atoms with Crippen molar-refractivity contribution in [1.82, 2.24) is 5.32 Å². The number of ether oxygens (including phenoxy) is 1. The van der Waals surface area contributed by atoms with Gasteiger partial charge in [0.15, 0.2) is 0 Å². The molecule has 2 atom stereocenters. The Morgan fingerprint density at radius 1 is 0.964 bits per heavy atom. The summed E-state index contributed by atoms with van der Waals surface area (Å²) in [6, 6.07) is 17.2. The molecule has 1 amide bonds. The maximum absolute atomic E-state index is 12.8. The summed E-state index contributed by atoms with van der Waals surface area (Å²) in [5.74, 6) is -0.669. The molecule has 0 saturated heterocycles. The van der Waals surface area contributed by atoms with Crippen LogP contribution in [0.5, 0.6) is 0 Å². The van der Waals surface area contributed by atoms with Crippen molar-refractivity contribution in [2.75, 3.05) is 7.11 Å². The van der Waals surface area contributed by atoms with Crippen LogP contribution in [0.3, 0.4) is 0 Å². The minimum atomic E-state index is -2.21. The standard InChI is InChI=1S/C22H28NO3PS/c1-16(2)21(22(25)26-4)23-20(24)15-17(3)27(28,18-11-7-5-8-12-18)19-13-9-6-10-14-19/h5-14,16-17,21H,15H2,1-4H3,(H,23,24)/t17-,21+/m1/s1. The average Bonchev–Trinajstić information content (AvgIpc) is 2.71. The molecule has 0 aliphatic heterocycles. The molecule has 4 nitrogen and oxygen atoms in total. The van der Waals surface area contributed by atoms with E-state index in [1.165, 1.54) is 7.11 Å². The van der Waals surface area contributed by atoms with Crippen molar-refractivity contribution in [3.05, 3.63) is 60.7 Å². The van der Waals surface area contributed by atoms with E-state index in [9.17, 15) is 9.59 Å². The third-order valence-corrected chi connectivity index (χ3v) is 10.7.